The topological polar surface area (TPSA) is 54.4 Å². The molecule has 6 nitrogen and oxygen atoms in total. The summed E-state index contributed by atoms with van der Waals surface area (Å²) < 4.78 is 11.4. The van der Waals surface area contributed by atoms with Gasteiger partial charge in [-0.15, -0.1) is 0 Å². The zero-order chi connectivity index (χ0) is 21.9. The van der Waals surface area contributed by atoms with Gasteiger partial charge in [-0.05, 0) is 43.1 Å². The number of piperazine rings is 1. The number of benzene rings is 2. The predicted molar refractivity (Wildman–Crippen MR) is 130 cm³/mol. The molecule has 1 saturated heterocycles. The van der Waals surface area contributed by atoms with E-state index in [1.807, 2.05) is 6.92 Å². The van der Waals surface area contributed by atoms with Crippen molar-refractivity contribution in [1.82, 2.24) is 19.2 Å². The van der Waals surface area contributed by atoms with Crippen LogP contribution >= 0.6 is 11.5 Å². The van der Waals surface area contributed by atoms with Crippen molar-refractivity contribution in [2.24, 2.45) is 0 Å². The van der Waals surface area contributed by atoms with Crippen molar-refractivity contribution in [1.29, 1.82) is 0 Å². The third-order valence-electron chi connectivity index (χ3n) is 5.87. The summed E-state index contributed by atoms with van der Waals surface area (Å²) in [6, 6.07) is 16.9. The van der Waals surface area contributed by atoms with Crippen LogP contribution in [0.4, 0.5) is 5.82 Å². The van der Waals surface area contributed by atoms with Crippen LogP contribution in [-0.2, 0) is 6.54 Å². The number of rotatable bonds is 6. The maximum atomic E-state index is 5.55. The van der Waals surface area contributed by atoms with Gasteiger partial charge in [-0.25, -0.2) is 9.97 Å². The Hall–Kier alpha value is -3.03. The summed E-state index contributed by atoms with van der Waals surface area (Å²) in [5.41, 5.74) is 5.55. The Morgan fingerprint density at radius 2 is 1.69 bits per heavy atom. The van der Waals surface area contributed by atoms with Crippen molar-refractivity contribution in [2.45, 2.75) is 20.4 Å². The Morgan fingerprint density at radius 3 is 2.41 bits per heavy atom. The van der Waals surface area contributed by atoms with E-state index >= 15 is 0 Å². The minimum atomic E-state index is 0.698. The highest BCUT2D eigenvalue weighted by molar-refractivity contribution is 7.14. The summed E-state index contributed by atoms with van der Waals surface area (Å²) in [5.74, 6) is 1.94. The largest absolute Gasteiger partial charge is 0.494 e. The van der Waals surface area contributed by atoms with Crippen LogP contribution in [0.15, 0.2) is 54.9 Å². The van der Waals surface area contributed by atoms with Crippen LogP contribution in [0.25, 0.3) is 21.5 Å². The molecule has 0 spiro atoms. The maximum Gasteiger partial charge on any atom is 0.151 e. The Bertz CT molecular complexity index is 1180. The summed E-state index contributed by atoms with van der Waals surface area (Å²) >= 11 is 1.50. The molecule has 7 heteroatoms. The van der Waals surface area contributed by atoms with Gasteiger partial charge in [0.15, 0.2) is 5.82 Å². The van der Waals surface area contributed by atoms with E-state index in [0.717, 1.165) is 65.8 Å². The van der Waals surface area contributed by atoms with Gasteiger partial charge >= 0.3 is 0 Å². The van der Waals surface area contributed by atoms with E-state index in [4.69, 9.17) is 9.11 Å². The average molecular weight is 446 g/mol. The number of aryl methyl sites for hydroxylation is 1. The molecule has 2 aromatic heterocycles. The van der Waals surface area contributed by atoms with Crippen molar-refractivity contribution in [3.8, 4) is 17.0 Å². The Morgan fingerprint density at radius 1 is 0.938 bits per heavy atom. The number of hydrogen-bond donors (Lipinski definition) is 0. The summed E-state index contributed by atoms with van der Waals surface area (Å²) in [6.45, 7) is 9.65. The first-order chi connectivity index (χ1) is 15.7. The van der Waals surface area contributed by atoms with Crippen molar-refractivity contribution in [3.05, 3.63) is 66.0 Å². The van der Waals surface area contributed by atoms with Crippen LogP contribution in [0.1, 0.15) is 18.1 Å². The zero-order valence-electron chi connectivity index (χ0n) is 18.5. The molecular formula is C25H27N5OS. The third-order valence-corrected chi connectivity index (χ3v) is 6.71. The van der Waals surface area contributed by atoms with Gasteiger partial charge in [0.05, 0.1) is 6.61 Å². The number of fused-ring (bicyclic) bond motifs is 1. The lowest BCUT2D eigenvalue weighted by molar-refractivity contribution is 0.249. The van der Waals surface area contributed by atoms with Gasteiger partial charge in [0, 0.05) is 38.3 Å². The summed E-state index contributed by atoms with van der Waals surface area (Å²) in [6.07, 6.45) is 1.68. The fourth-order valence-electron chi connectivity index (χ4n) is 4.11. The maximum absolute atomic E-state index is 5.55. The van der Waals surface area contributed by atoms with Gasteiger partial charge in [0.1, 0.15) is 28.0 Å². The molecule has 3 heterocycles. The Kier molecular flexibility index (Phi) is 6.01. The summed E-state index contributed by atoms with van der Waals surface area (Å²) in [7, 11) is 0. The first-order valence-electron chi connectivity index (χ1n) is 11.1. The van der Waals surface area contributed by atoms with Gasteiger partial charge in [-0.2, -0.15) is 4.37 Å². The molecule has 0 aliphatic carbocycles. The fraction of sp³-hybridized carbons (Fsp3) is 0.320. The molecule has 0 bridgehead atoms. The lowest BCUT2D eigenvalue weighted by Crippen LogP contribution is -2.46. The first-order valence-corrected chi connectivity index (χ1v) is 11.8. The Labute approximate surface area is 192 Å². The van der Waals surface area contributed by atoms with Gasteiger partial charge < -0.3 is 9.64 Å². The molecule has 4 aromatic rings. The quantitative estimate of drug-likeness (QED) is 0.426. The van der Waals surface area contributed by atoms with E-state index < -0.39 is 0 Å². The molecule has 164 valence electrons. The van der Waals surface area contributed by atoms with Crippen LogP contribution in [0.5, 0.6) is 5.75 Å². The van der Waals surface area contributed by atoms with Crippen molar-refractivity contribution in [2.75, 3.05) is 37.7 Å². The molecule has 0 unspecified atom stereocenters. The molecule has 1 aliphatic rings. The van der Waals surface area contributed by atoms with Crippen molar-refractivity contribution >= 4 is 27.6 Å². The fourth-order valence-corrected chi connectivity index (χ4v) is 4.99. The molecule has 32 heavy (non-hydrogen) atoms. The molecule has 1 fully saturated rings. The third kappa shape index (κ3) is 4.31. The van der Waals surface area contributed by atoms with Crippen molar-refractivity contribution in [3.63, 3.8) is 0 Å². The zero-order valence-corrected chi connectivity index (χ0v) is 19.3. The highest BCUT2D eigenvalue weighted by Crippen LogP contribution is 2.34. The van der Waals surface area contributed by atoms with Gasteiger partial charge in [0.2, 0.25) is 0 Å². The summed E-state index contributed by atoms with van der Waals surface area (Å²) in [5, 5.41) is 0. The highest BCUT2D eigenvalue weighted by Gasteiger charge is 2.22. The molecule has 5 rings (SSSR count). The van der Waals surface area contributed by atoms with E-state index in [-0.39, 0.29) is 0 Å². The van der Waals surface area contributed by atoms with E-state index in [9.17, 15) is 0 Å². The lowest BCUT2D eigenvalue weighted by atomic mass is 10.1. The number of aromatic nitrogens is 3. The normalized spacial score (nSPS) is 14.8. The number of nitrogens with zero attached hydrogens (tertiary/aromatic N) is 5. The smallest absolute Gasteiger partial charge is 0.151 e. The predicted octanol–water partition coefficient (Wildman–Crippen LogP) is 4.78. The average Bonchev–Trinajstić information content (AvgIpc) is 3.26. The van der Waals surface area contributed by atoms with Crippen molar-refractivity contribution < 1.29 is 4.74 Å². The van der Waals surface area contributed by atoms with Gasteiger partial charge in [-0.3, -0.25) is 4.90 Å². The monoisotopic (exact) mass is 445 g/mol. The van der Waals surface area contributed by atoms with Crippen LogP contribution in [-0.4, -0.2) is 52.0 Å². The van der Waals surface area contributed by atoms with E-state index in [1.54, 1.807) is 6.33 Å². The Balaban J connectivity index is 1.28. The molecule has 0 atom stereocenters. The molecule has 0 saturated carbocycles. The van der Waals surface area contributed by atoms with E-state index in [1.165, 1.54) is 22.7 Å². The highest BCUT2D eigenvalue weighted by atomic mass is 32.1. The number of ether oxygens (including phenoxy) is 1. The second kappa shape index (κ2) is 9.22. The molecule has 1 aliphatic heterocycles. The van der Waals surface area contributed by atoms with Crippen LogP contribution in [0.3, 0.4) is 0 Å². The molecule has 0 N–H and O–H groups in total. The molecular weight excluding hydrogens is 418 g/mol. The second-order valence-corrected chi connectivity index (χ2v) is 8.89. The lowest BCUT2D eigenvalue weighted by Gasteiger charge is -2.35. The summed E-state index contributed by atoms with van der Waals surface area (Å²) in [4.78, 5) is 14.1. The molecule has 2 aromatic carbocycles. The SMILES string of the molecule is CCOc1ccc(CN2CCN(c3ncnc4c(-c5ccc(C)cc5)nsc34)CC2)cc1. The van der Waals surface area contributed by atoms with Crippen LogP contribution in [0.2, 0.25) is 0 Å². The second-order valence-electron chi connectivity index (χ2n) is 8.11. The van der Waals surface area contributed by atoms with E-state index in [2.05, 4.69) is 75.2 Å². The minimum absolute atomic E-state index is 0.698. The van der Waals surface area contributed by atoms with Gasteiger partial charge in [-0.1, -0.05) is 42.0 Å². The number of anilines is 1. The van der Waals surface area contributed by atoms with Crippen LogP contribution in [0, 0.1) is 6.92 Å². The number of hydrogen-bond acceptors (Lipinski definition) is 7. The minimum Gasteiger partial charge on any atom is -0.494 e. The molecule has 0 amide bonds. The van der Waals surface area contributed by atoms with Gasteiger partial charge in [0.25, 0.3) is 0 Å². The standard InChI is InChI=1S/C25H27N5OS/c1-3-31-21-10-6-19(7-11-21)16-29-12-14-30(15-13-29)25-24-23(26-17-27-25)22(28-32-24)20-8-4-18(2)5-9-20/h4-11,17H,3,12-16H2,1-2H3. The van der Waals surface area contributed by atoms with Crippen LogP contribution < -0.4 is 9.64 Å². The first kappa shape index (κ1) is 20.8. The van der Waals surface area contributed by atoms with E-state index in [0.29, 0.717) is 6.61 Å². The molecule has 0 radical (unpaired) electrons.